The molecule has 1 aliphatic rings. The molecule has 5 atom stereocenters. The fraction of sp³-hybridized carbons (Fsp3) is 0.650. The van der Waals surface area contributed by atoms with Gasteiger partial charge in [-0.1, -0.05) is 65.8 Å². The Kier molecular flexibility index (Phi) is 18.3. The molecule has 1 aliphatic heterocycles. The first-order chi connectivity index (χ1) is 24.4. The van der Waals surface area contributed by atoms with E-state index in [1.54, 1.807) is 20.1 Å². The van der Waals surface area contributed by atoms with Crippen LogP contribution in [0.5, 0.6) is 5.75 Å². The third-order valence-electron chi connectivity index (χ3n) is 10.1. The fourth-order valence-corrected chi connectivity index (χ4v) is 6.71. The Balaban J connectivity index is 2.35. The number of carbonyl (C=O) groups excluding carboxylic acids is 4. The highest BCUT2D eigenvalue weighted by molar-refractivity contribution is 6.74. The lowest BCUT2D eigenvalue weighted by molar-refractivity contribution is -0.153. The molecule has 1 saturated heterocycles. The van der Waals surface area contributed by atoms with Crippen LogP contribution in [0.3, 0.4) is 0 Å². The molecule has 0 saturated carbocycles. The number of unbranched alkanes of at least 4 members (excludes halogenated alkanes) is 2. The Morgan fingerprint density at radius 2 is 1.73 bits per heavy atom. The van der Waals surface area contributed by atoms with Crippen molar-refractivity contribution < 1.29 is 33.1 Å². The van der Waals surface area contributed by atoms with Gasteiger partial charge in [-0.3, -0.25) is 24.2 Å². The SMILES string of the molecule is C=CCCCCOC(=O)C1CCCN(C(=O)C(Cc2cccc(O[Si](C)(C)C(C)(C)C)c2)NC(=O)[C@@H](NC(=O)C(C)C(CCC=C)OC)C(C)C)N1. The van der Waals surface area contributed by atoms with Crippen LogP contribution in [-0.4, -0.2) is 81.5 Å². The highest BCUT2D eigenvalue weighted by Gasteiger charge is 2.39. The summed E-state index contributed by atoms with van der Waals surface area (Å²) < 4.78 is 17.6. The second-order valence-electron chi connectivity index (χ2n) is 15.7. The molecule has 1 heterocycles. The van der Waals surface area contributed by atoms with Gasteiger partial charge in [-0.15, -0.1) is 13.2 Å². The van der Waals surface area contributed by atoms with Crippen LogP contribution in [-0.2, 0) is 35.1 Å². The second-order valence-corrected chi connectivity index (χ2v) is 20.4. The Bertz CT molecular complexity index is 1350. The van der Waals surface area contributed by atoms with Gasteiger partial charge < -0.3 is 24.5 Å². The van der Waals surface area contributed by atoms with Crippen molar-refractivity contribution in [1.29, 1.82) is 0 Å². The van der Waals surface area contributed by atoms with E-state index in [0.29, 0.717) is 44.6 Å². The summed E-state index contributed by atoms with van der Waals surface area (Å²) in [4.78, 5) is 54.6. The molecule has 2 rings (SSSR count). The van der Waals surface area contributed by atoms with E-state index in [1.807, 2.05) is 44.2 Å². The van der Waals surface area contributed by atoms with Gasteiger partial charge in [0.15, 0.2) is 0 Å². The number of hydrogen-bond donors (Lipinski definition) is 3. The van der Waals surface area contributed by atoms with Crippen LogP contribution < -0.4 is 20.5 Å². The Morgan fingerprint density at radius 3 is 2.35 bits per heavy atom. The molecule has 1 aromatic rings. The number of ether oxygens (including phenoxy) is 2. The van der Waals surface area contributed by atoms with Crippen LogP contribution in [0.1, 0.15) is 92.1 Å². The Hall–Kier alpha value is -3.48. The van der Waals surface area contributed by atoms with Gasteiger partial charge in [0, 0.05) is 20.1 Å². The van der Waals surface area contributed by atoms with Gasteiger partial charge in [-0.2, -0.15) is 0 Å². The van der Waals surface area contributed by atoms with Gasteiger partial charge in [-0.25, -0.2) is 5.43 Å². The molecule has 0 spiro atoms. The van der Waals surface area contributed by atoms with Crippen molar-refractivity contribution in [2.45, 2.75) is 135 Å². The van der Waals surface area contributed by atoms with Gasteiger partial charge >= 0.3 is 5.97 Å². The van der Waals surface area contributed by atoms with E-state index in [1.165, 1.54) is 5.01 Å². The number of methoxy groups -OCH3 is 1. The van der Waals surface area contributed by atoms with Crippen LogP contribution >= 0.6 is 0 Å². The van der Waals surface area contributed by atoms with Crippen molar-refractivity contribution in [3.8, 4) is 5.75 Å². The highest BCUT2D eigenvalue weighted by atomic mass is 28.4. The number of benzene rings is 1. The maximum absolute atomic E-state index is 14.3. The molecule has 1 fully saturated rings. The van der Waals surface area contributed by atoms with E-state index in [9.17, 15) is 19.2 Å². The maximum Gasteiger partial charge on any atom is 0.324 e. The van der Waals surface area contributed by atoms with Crippen molar-refractivity contribution in [3.63, 3.8) is 0 Å². The second kappa shape index (κ2) is 21.3. The van der Waals surface area contributed by atoms with E-state index in [2.05, 4.69) is 63.1 Å². The maximum atomic E-state index is 14.3. The standard InChI is InChI=1S/C40H66N4O7Si/c1-12-14-16-17-25-50-39(48)32-22-19-24-44(43-32)38(47)33(27-30-20-18-21-31(26-30)51-52(10,11)40(6,7)8)41-37(46)35(28(3)4)42-36(45)29(5)34(49-9)23-15-13-2/h12-13,18,20-21,26,28-29,32-35,43H,1-2,14-17,19,22-25,27H2,3-11H3,(H,41,46)(H,42,45)/t29?,32?,33?,34?,35-/m0/s1. The Labute approximate surface area is 313 Å². The van der Waals surface area contributed by atoms with Crippen LogP contribution in [0.15, 0.2) is 49.6 Å². The molecule has 292 valence electrons. The zero-order chi connectivity index (χ0) is 39.1. The molecular formula is C40H66N4O7Si. The predicted octanol–water partition coefficient (Wildman–Crippen LogP) is 6.25. The molecule has 0 aromatic heterocycles. The van der Waals surface area contributed by atoms with Crippen molar-refractivity contribution in [2.75, 3.05) is 20.3 Å². The first-order valence-electron chi connectivity index (χ1n) is 18.8. The molecule has 12 heteroatoms. The van der Waals surface area contributed by atoms with Crippen LogP contribution in [0.25, 0.3) is 0 Å². The molecule has 4 unspecified atom stereocenters. The lowest BCUT2D eigenvalue weighted by Gasteiger charge is -2.36. The van der Waals surface area contributed by atoms with Gasteiger partial charge in [-0.05, 0) is 86.7 Å². The lowest BCUT2D eigenvalue weighted by atomic mass is 9.96. The Morgan fingerprint density at radius 1 is 1.04 bits per heavy atom. The zero-order valence-electron chi connectivity index (χ0n) is 33.2. The van der Waals surface area contributed by atoms with E-state index in [-0.39, 0.29) is 29.4 Å². The van der Waals surface area contributed by atoms with Gasteiger partial charge in [0.1, 0.15) is 23.9 Å². The topological polar surface area (TPSA) is 135 Å². The minimum absolute atomic E-state index is 0.0125. The molecule has 0 aliphatic carbocycles. The van der Waals surface area contributed by atoms with Crippen molar-refractivity contribution in [2.24, 2.45) is 11.8 Å². The van der Waals surface area contributed by atoms with Gasteiger partial charge in [0.25, 0.3) is 5.91 Å². The van der Waals surface area contributed by atoms with Crippen LogP contribution in [0, 0.1) is 11.8 Å². The predicted molar refractivity (Wildman–Crippen MR) is 209 cm³/mol. The number of rotatable bonds is 21. The number of carbonyl (C=O) groups is 4. The number of nitrogens with zero attached hydrogens (tertiary/aromatic N) is 1. The average Bonchev–Trinajstić information content (AvgIpc) is 3.09. The molecule has 11 nitrogen and oxygen atoms in total. The van der Waals surface area contributed by atoms with Crippen molar-refractivity contribution in [1.82, 2.24) is 21.1 Å². The summed E-state index contributed by atoms with van der Waals surface area (Å²) in [6.45, 7) is 24.5. The van der Waals surface area contributed by atoms with Gasteiger partial charge in [0.2, 0.25) is 20.1 Å². The van der Waals surface area contributed by atoms with Crippen LogP contribution in [0.4, 0.5) is 0 Å². The zero-order valence-corrected chi connectivity index (χ0v) is 34.2. The molecule has 1 aromatic carbocycles. The largest absolute Gasteiger partial charge is 0.543 e. The number of nitrogens with one attached hydrogen (secondary N) is 3. The minimum atomic E-state index is -2.15. The lowest BCUT2D eigenvalue weighted by Crippen LogP contribution is -2.62. The first kappa shape index (κ1) is 44.7. The third-order valence-corrected chi connectivity index (χ3v) is 14.5. The molecular weight excluding hydrogens is 677 g/mol. The number of esters is 1. The van der Waals surface area contributed by atoms with E-state index >= 15 is 0 Å². The highest BCUT2D eigenvalue weighted by Crippen LogP contribution is 2.37. The normalized spacial score (nSPS) is 17.3. The van der Waals surface area contributed by atoms with E-state index in [0.717, 1.165) is 24.8 Å². The molecule has 3 amide bonds. The summed E-state index contributed by atoms with van der Waals surface area (Å²) in [7, 11) is -0.582. The van der Waals surface area contributed by atoms with Crippen LogP contribution in [0.2, 0.25) is 18.1 Å². The minimum Gasteiger partial charge on any atom is -0.543 e. The summed E-state index contributed by atoms with van der Waals surface area (Å²) >= 11 is 0. The third kappa shape index (κ3) is 13.8. The fourth-order valence-electron chi connectivity index (χ4n) is 5.69. The smallest absolute Gasteiger partial charge is 0.324 e. The number of amides is 3. The summed E-state index contributed by atoms with van der Waals surface area (Å²) in [6, 6.07) is 5.01. The van der Waals surface area contributed by atoms with Crippen molar-refractivity contribution in [3.05, 3.63) is 55.1 Å². The number of hydrogen-bond acceptors (Lipinski definition) is 8. The van der Waals surface area contributed by atoms with Gasteiger partial charge in [0.05, 0.1) is 18.6 Å². The van der Waals surface area contributed by atoms with E-state index < -0.39 is 50.1 Å². The van der Waals surface area contributed by atoms with E-state index in [4.69, 9.17) is 13.9 Å². The molecule has 3 N–H and O–H groups in total. The molecule has 52 heavy (non-hydrogen) atoms. The summed E-state index contributed by atoms with van der Waals surface area (Å²) in [5, 5.41) is 7.29. The molecule has 0 radical (unpaired) electrons. The number of allylic oxidation sites excluding steroid dienone is 2. The summed E-state index contributed by atoms with van der Waals surface area (Å²) in [5.74, 6) is -1.68. The number of hydrazine groups is 1. The average molecular weight is 743 g/mol. The first-order valence-corrected chi connectivity index (χ1v) is 21.7. The molecule has 0 bridgehead atoms. The summed E-state index contributed by atoms with van der Waals surface area (Å²) in [6.07, 6.45) is 8.30. The quantitative estimate of drug-likeness (QED) is 0.0583. The van der Waals surface area contributed by atoms with Crippen molar-refractivity contribution >= 4 is 32.0 Å². The monoisotopic (exact) mass is 742 g/mol. The summed E-state index contributed by atoms with van der Waals surface area (Å²) in [5.41, 5.74) is 3.87.